The second kappa shape index (κ2) is 4.59. The molecule has 0 rings (SSSR count). The molecule has 3 nitrogen and oxygen atoms in total. The van der Waals surface area contributed by atoms with E-state index in [1.165, 1.54) is 6.42 Å². The largest absolute Gasteiger partial charge is 0.274 e. The summed E-state index contributed by atoms with van der Waals surface area (Å²) < 4.78 is 0. The number of hydroxylamine groups is 1. The van der Waals surface area contributed by atoms with Crippen molar-refractivity contribution in [3.8, 4) is 0 Å². The predicted octanol–water partition coefficient (Wildman–Crippen LogP) is 0.278. The summed E-state index contributed by atoms with van der Waals surface area (Å²) in [6.45, 7) is 3.95. The topological polar surface area (TPSA) is 38.3 Å². The van der Waals surface area contributed by atoms with Gasteiger partial charge >= 0.3 is 0 Å². The molecule has 8 heavy (non-hydrogen) atoms. The van der Waals surface area contributed by atoms with Gasteiger partial charge in [-0.2, -0.15) is 0 Å². The van der Waals surface area contributed by atoms with Gasteiger partial charge in [0.25, 0.3) is 0 Å². The molecule has 1 radical (unpaired) electrons. The zero-order valence-electron chi connectivity index (χ0n) is 5.10. The molecule has 3 heteroatoms. The third kappa shape index (κ3) is 3.61. The third-order valence-corrected chi connectivity index (χ3v) is 0.579. The van der Waals surface area contributed by atoms with E-state index in [0.29, 0.717) is 6.61 Å². The second-order valence-electron chi connectivity index (χ2n) is 1.19. The van der Waals surface area contributed by atoms with Crippen LogP contribution in [0.1, 0.15) is 13.8 Å². The molecule has 0 bridgehead atoms. The van der Waals surface area contributed by atoms with Crippen molar-refractivity contribution < 1.29 is 9.63 Å². The lowest BCUT2D eigenvalue weighted by molar-refractivity contribution is -0.129. The van der Waals surface area contributed by atoms with Crippen molar-refractivity contribution >= 4 is 5.91 Å². The summed E-state index contributed by atoms with van der Waals surface area (Å²) in [5.41, 5.74) is 2.19. The average Bonchev–Trinajstić information content (AvgIpc) is 1.83. The Kier molecular flexibility index (Phi) is 4.26. The minimum atomic E-state index is -0.202. The number of hydrogen-bond acceptors (Lipinski definition) is 2. The predicted molar refractivity (Wildman–Crippen MR) is 29.7 cm³/mol. The van der Waals surface area contributed by atoms with E-state index < -0.39 is 0 Å². The smallest absolute Gasteiger partial charge is 0.247 e. The fourth-order valence-corrected chi connectivity index (χ4v) is 0.202. The summed E-state index contributed by atoms with van der Waals surface area (Å²) in [4.78, 5) is 14.8. The van der Waals surface area contributed by atoms with Crippen molar-refractivity contribution in [2.75, 3.05) is 6.61 Å². The van der Waals surface area contributed by atoms with Crippen LogP contribution >= 0.6 is 0 Å². The summed E-state index contributed by atoms with van der Waals surface area (Å²) in [5, 5.41) is 0. The molecule has 0 aromatic heterocycles. The van der Waals surface area contributed by atoms with Gasteiger partial charge in [-0.05, 0) is 6.92 Å². The Balaban J connectivity index is 2.99. The molecule has 0 aromatic rings. The van der Waals surface area contributed by atoms with Crippen LogP contribution in [0.3, 0.4) is 0 Å². The highest BCUT2D eigenvalue weighted by Crippen LogP contribution is 1.71. The van der Waals surface area contributed by atoms with Crippen molar-refractivity contribution in [1.82, 2.24) is 5.48 Å². The Bertz CT molecular complexity index is 72.8. The summed E-state index contributed by atoms with van der Waals surface area (Å²) in [7, 11) is 0. The first-order valence-electron chi connectivity index (χ1n) is 2.52. The van der Waals surface area contributed by atoms with E-state index in [4.69, 9.17) is 0 Å². The first kappa shape index (κ1) is 7.43. The molecular weight excluding hydrogens is 106 g/mol. The summed E-state index contributed by atoms with van der Waals surface area (Å²) in [5.74, 6) is -0.202. The van der Waals surface area contributed by atoms with Crippen molar-refractivity contribution in [2.45, 2.75) is 13.8 Å². The quantitative estimate of drug-likeness (QED) is 0.538. The van der Waals surface area contributed by atoms with E-state index in [2.05, 4.69) is 10.3 Å². The minimum Gasteiger partial charge on any atom is -0.274 e. The molecule has 0 aromatic carbocycles. The molecule has 0 aliphatic rings. The number of carbonyl (C=O) groups excluding carboxylic acids is 1. The molecule has 0 saturated carbocycles. The standard InChI is InChI=1S/C5H10NO2/c1-3-5(7)6-8-4-2/h3H,4H2,1-2H3,(H,6,7). The molecule has 0 aliphatic carbocycles. The molecule has 0 spiro atoms. The van der Waals surface area contributed by atoms with Gasteiger partial charge in [-0.1, -0.05) is 6.92 Å². The Hall–Kier alpha value is -0.570. The van der Waals surface area contributed by atoms with Crippen molar-refractivity contribution in [2.24, 2.45) is 0 Å². The first-order chi connectivity index (χ1) is 3.81. The van der Waals surface area contributed by atoms with Gasteiger partial charge in [0.15, 0.2) is 0 Å². The average molecular weight is 116 g/mol. The molecular formula is C5H10NO2. The summed E-state index contributed by atoms with van der Waals surface area (Å²) in [6, 6.07) is 0. The number of carbonyl (C=O) groups is 1. The molecule has 0 fully saturated rings. The zero-order valence-corrected chi connectivity index (χ0v) is 5.10. The monoisotopic (exact) mass is 116 g/mol. The number of hydrogen-bond donors (Lipinski definition) is 1. The van der Waals surface area contributed by atoms with E-state index in [9.17, 15) is 4.79 Å². The van der Waals surface area contributed by atoms with Gasteiger partial charge in [0.1, 0.15) is 0 Å². The Morgan fingerprint density at radius 2 is 2.50 bits per heavy atom. The molecule has 0 heterocycles. The van der Waals surface area contributed by atoms with Crippen molar-refractivity contribution in [1.29, 1.82) is 0 Å². The summed E-state index contributed by atoms with van der Waals surface area (Å²) in [6.07, 6.45) is 1.40. The van der Waals surface area contributed by atoms with Crippen LogP contribution in [-0.2, 0) is 9.63 Å². The SMILES string of the molecule is C[CH]C(=O)NOCC. The molecule has 0 atom stereocenters. The van der Waals surface area contributed by atoms with Crippen LogP contribution < -0.4 is 5.48 Å². The fourth-order valence-electron chi connectivity index (χ4n) is 0.202. The fraction of sp³-hybridized carbons (Fsp3) is 0.600. The Labute approximate surface area is 49.0 Å². The van der Waals surface area contributed by atoms with Gasteiger partial charge in [0, 0.05) is 6.42 Å². The van der Waals surface area contributed by atoms with Crippen LogP contribution in [0.4, 0.5) is 0 Å². The van der Waals surface area contributed by atoms with E-state index >= 15 is 0 Å². The Morgan fingerprint density at radius 3 is 2.88 bits per heavy atom. The van der Waals surface area contributed by atoms with Crippen LogP contribution in [0.25, 0.3) is 0 Å². The van der Waals surface area contributed by atoms with Crippen LogP contribution in [0.5, 0.6) is 0 Å². The van der Waals surface area contributed by atoms with Crippen LogP contribution in [0.2, 0.25) is 0 Å². The highest BCUT2D eigenvalue weighted by molar-refractivity contribution is 5.82. The minimum absolute atomic E-state index is 0.202. The van der Waals surface area contributed by atoms with Gasteiger partial charge in [-0.25, -0.2) is 5.48 Å². The molecule has 0 unspecified atom stereocenters. The second-order valence-corrected chi connectivity index (χ2v) is 1.19. The van der Waals surface area contributed by atoms with E-state index in [1.54, 1.807) is 13.8 Å². The maximum absolute atomic E-state index is 10.3. The molecule has 1 N–H and O–H groups in total. The summed E-state index contributed by atoms with van der Waals surface area (Å²) >= 11 is 0. The molecule has 47 valence electrons. The lowest BCUT2D eigenvalue weighted by Crippen LogP contribution is -2.22. The van der Waals surface area contributed by atoms with Gasteiger partial charge < -0.3 is 0 Å². The zero-order chi connectivity index (χ0) is 6.41. The van der Waals surface area contributed by atoms with Crippen LogP contribution in [0, 0.1) is 6.42 Å². The maximum Gasteiger partial charge on any atom is 0.247 e. The third-order valence-electron chi connectivity index (χ3n) is 0.579. The van der Waals surface area contributed by atoms with Gasteiger partial charge in [0.2, 0.25) is 5.91 Å². The number of nitrogens with one attached hydrogen (secondary N) is 1. The number of amides is 1. The maximum atomic E-state index is 10.3. The lowest BCUT2D eigenvalue weighted by atomic mass is 10.5. The highest BCUT2D eigenvalue weighted by atomic mass is 16.6. The highest BCUT2D eigenvalue weighted by Gasteiger charge is 1.91. The van der Waals surface area contributed by atoms with Gasteiger partial charge in [0.05, 0.1) is 6.61 Å². The van der Waals surface area contributed by atoms with Crippen molar-refractivity contribution in [3.05, 3.63) is 6.42 Å². The molecule has 1 amide bonds. The Morgan fingerprint density at radius 1 is 1.88 bits per heavy atom. The first-order valence-corrected chi connectivity index (χ1v) is 2.52. The van der Waals surface area contributed by atoms with Gasteiger partial charge in [-0.15, -0.1) is 0 Å². The van der Waals surface area contributed by atoms with Crippen LogP contribution in [0.15, 0.2) is 0 Å². The molecule has 0 saturated heterocycles. The van der Waals surface area contributed by atoms with E-state index in [0.717, 1.165) is 0 Å². The van der Waals surface area contributed by atoms with Crippen LogP contribution in [-0.4, -0.2) is 12.5 Å². The lowest BCUT2D eigenvalue weighted by Gasteiger charge is -1.98. The molecule has 0 aliphatic heterocycles. The normalized spacial score (nSPS) is 8.75. The van der Waals surface area contributed by atoms with E-state index in [-0.39, 0.29) is 5.91 Å². The van der Waals surface area contributed by atoms with Crippen molar-refractivity contribution in [3.63, 3.8) is 0 Å². The van der Waals surface area contributed by atoms with E-state index in [1.807, 2.05) is 0 Å². The number of rotatable bonds is 3. The van der Waals surface area contributed by atoms with Gasteiger partial charge in [-0.3, -0.25) is 9.63 Å².